The van der Waals surface area contributed by atoms with Gasteiger partial charge >= 0.3 is 0 Å². The summed E-state index contributed by atoms with van der Waals surface area (Å²) >= 11 is 1.59. The first-order valence-electron chi connectivity index (χ1n) is 6.99. The number of hydrogen-bond acceptors (Lipinski definition) is 6. The summed E-state index contributed by atoms with van der Waals surface area (Å²) in [6.07, 6.45) is 3.63. The minimum absolute atomic E-state index is 0.235. The van der Waals surface area contributed by atoms with Crippen LogP contribution in [0.25, 0.3) is 0 Å². The van der Waals surface area contributed by atoms with Gasteiger partial charge in [0.1, 0.15) is 6.29 Å². The van der Waals surface area contributed by atoms with E-state index in [2.05, 4.69) is 10.2 Å². The average Bonchev–Trinajstić information content (AvgIpc) is 3.20. The highest BCUT2D eigenvalue weighted by Gasteiger charge is 2.33. The molecule has 0 saturated heterocycles. The Kier molecular flexibility index (Phi) is 5.67. The first-order valence-corrected chi connectivity index (χ1v) is 7.87. The van der Waals surface area contributed by atoms with Crippen LogP contribution < -0.4 is 10.6 Å². The predicted molar refractivity (Wildman–Crippen MR) is 85.8 cm³/mol. The lowest BCUT2D eigenvalue weighted by atomic mass is 10.2. The molecule has 3 N–H and O–H groups in total. The molecule has 0 atom stereocenters. The molecule has 0 amide bonds. The molecule has 6 heteroatoms. The van der Waals surface area contributed by atoms with Gasteiger partial charge in [0.05, 0.1) is 11.8 Å². The lowest BCUT2D eigenvalue weighted by molar-refractivity contribution is -0.177. The Morgan fingerprint density at radius 3 is 2.76 bits per heavy atom. The SMILES string of the molecule is CC(C)ON1NSC=C1C1CC1.Nc1cccc(C=O)c1. The molecule has 1 fully saturated rings. The zero-order chi connectivity index (χ0) is 15.2. The van der Waals surface area contributed by atoms with Crippen molar-refractivity contribution in [3.05, 3.63) is 40.9 Å². The Hall–Kier alpha value is -1.50. The Morgan fingerprint density at radius 1 is 1.48 bits per heavy atom. The van der Waals surface area contributed by atoms with Crippen LogP contribution in [0, 0.1) is 5.92 Å². The Balaban J connectivity index is 0.000000161. The molecule has 114 valence electrons. The minimum atomic E-state index is 0.235. The zero-order valence-corrected chi connectivity index (χ0v) is 13.1. The van der Waals surface area contributed by atoms with E-state index in [1.165, 1.54) is 18.5 Å². The number of aldehydes is 1. The van der Waals surface area contributed by atoms with Crippen LogP contribution in [0.3, 0.4) is 0 Å². The zero-order valence-electron chi connectivity index (χ0n) is 12.3. The molecule has 5 nitrogen and oxygen atoms in total. The summed E-state index contributed by atoms with van der Waals surface area (Å²) in [5.74, 6) is 0.742. The normalized spacial score (nSPS) is 17.3. The smallest absolute Gasteiger partial charge is 0.150 e. The standard InChI is InChI=1S/C8H14N2OS.C7H7NO/c1-6(2)11-10-8(5-12-9-10)7-3-4-7;8-7-3-1-2-6(4-7)5-9/h5-7,9H,3-4H2,1-2H3;1-5H,8H2. The number of nitrogen functional groups attached to an aromatic ring is 1. The van der Waals surface area contributed by atoms with Crippen molar-refractivity contribution in [3.8, 4) is 0 Å². The van der Waals surface area contributed by atoms with Crippen LogP contribution in [0.4, 0.5) is 5.69 Å². The largest absolute Gasteiger partial charge is 0.399 e. The lowest BCUT2D eigenvalue weighted by Gasteiger charge is -2.22. The highest BCUT2D eigenvalue weighted by atomic mass is 32.2. The minimum Gasteiger partial charge on any atom is -0.399 e. The molecule has 1 aromatic rings. The molecule has 21 heavy (non-hydrogen) atoms. The second-order valence-corrected chi connectivity index (χ2v) is 5.92. The highest BCUT2D eigenvalue weighted by molar-refractivity contribution is 8.00. The topological polar surface area (TPSA) is 67.6 Å². The summed E-state index contributed by atoms with van der Waals surface area (Å²) in [6, 6.07) is 6.84. The summed E-state index contributed by atoms with van der Waals surface area (Å²) < 4.78 is 0. The first kappa shape index (κ1) is 15.9. The van der Waals surface area contributed by atoms with E-state index in [1.807, 2.05) is 19.0 Å². The number of nitrogens with zero attached hydrogens (tertiary/aromatic N) is 1. The molecule has 0 spiro atoms. The molecule has 1 aliphatic heterocycles. The van der Waals surface area contributed by atoms with E-state index in [0.29, 0.717) is 11.3 Å². The van der Waals surface area contributed by atoms with Crippen molar-refractivity contribution >= 4 is 23.9 Å². The molecule has 1 aliphatic carbocycles. The van der Waals surface area contributed by atoms with E-state index in [9.17, 15) is 4.79 Å². The van der Waals surface area contributed by atoms with Crippen molar-refractivity contribution in [2.45, 2.75) is 32.8 Å². The van der Waals surface area contributed by atoms with Crippen LogP contribution in [-0.2, 0) is 4.84 Å². The number of hydrogen-bond donors (Lipinski definition) is 2. The highest BCUT2D eigenvalue weighted by Crippen LogP contribution is 2.41. The third-order valence-electron chi connectivity index (χ3n) is 2.91. The first-order chi connectivity index (χ1) is 10.1. The number of hydrazine groups is 1. The molecular formula is C15H21N3O2S. The van der Waals surface area contributed by atoms with Gasteiger partial charge in [0.2, 0.25) is 0 Å². The molecule has 1 aromatic carbocycles. The molecule has 1 saturated carbocycles. The van der Waals surface area contributed by atoms with Gasteiger partial charge in [-0.25, -0.2) is 0 Å². The van der Waals surface area contributed by atoms with E-state index in [1.54, 1.807) is 36.2 Å². The van der Waals surface area contributed by atoms with Gasteiger partial charge < -0.3 is 5.73 Å². The second-order valence-electron chi connectivity index (χ2n) is 5.26. The molecule has 0 unspecified atom stereocenters. The fraction of sp³-hybridized carbons (Fsp3) is 0.400. The van der Waals surface area contributed by atoms with Crippen LogP contribution >= 0.6 is 11.9 Å². The van der Waals surface area contributed by atoms with Gasteiger partial charge in [0.15, 0.2) is 0 Å². The average molecular weight is 307 g/mol. The van der Waals surface area contributed by atoms with Gasteiger partial charge in [0, 0.05) is 22.6 Å². The lowest BCUT2D eigenvalue weighted by Crippen LogP contribution is -2.32. The molecule has 0 bridgehead atoms. The van der Waals surface area contributed by atoms with E-state index in [4.69, 9.17) is 10.6 Å². The molecule has 0 aromatic heterocycles. The fourth-order valence-electron chi connectivity index (χ4n) is 1.80. The van der Waals surface area contributed by atoms with E-state index in [0.717, 1.165) is 12.2 Å². The summed E-state index contributed by atoms with van der Waals surface area (Å²) in [5.41, 5.74) is 7.92. The van der Waals surface area contributed by atoms with E-state index >= 15 is 0 Å². The van der Waals surface area contributed by atoms with Crippen LogP contribution in [0.2, 0.25) is 0 Å². The van der Waals surface area contributed by atoms with Gasteiger partial charge in [-0.1, -0.05) is 12.1 Å². The van der Waals surface area contributed by atoms with Crippen LogP contribution in [0.1, 0.15) is 37.0 Å². The number of nitrogens with two attached hydrogens (primary N) is 1. The van der Waals surface area contributed by atoms with E-state index in [-0.39, 0.29) is 6.10 Å². The summed E-state index contributed by atoms with van der Waals surface area (Å²) in [5, 5.41) is 3.95. The summed E-state index contributed by atoms with van der Waals surface area (Å²) in [4.78, 5) is 18.8. The number of benzene rings is 1. The quantitative estimate of drug-likeness (QED) is 0.506. The van der Waals surface area contributed by atoms with Gasteiger partial charge in [-0.3, -0.25) is 9.63 Å². The van der Waals surface area contributed by atoms with Crippen LogP contribution in [-0.4, -0.2) is 17.6 Å². The maximum Gasteiger partial charge on any atom is 0.150 e. The molecule has 3 rings (SSSR count). The van der Waals surface area contributed by atoms with Crippen molar-refractivity contribution in [1.82, 2.24) is 10.0 Å². The van der Waals surface area contributed by atoms with Gasteiger partial charge in [-0.05, 0) is 50.8 Å². The monoisotopic (exact) mass is 307 g/mol. The Labute approximate surface area is 129 Å². The van der Waals surface area contributed by atoms with Gasteiger partial charge in [0.25, 0.3) is 0 Å². The summed E-state index contributed by atoms with van der Waals surface area (Å²) in [6.45, 7) is 4.07. The number of carbonyl (C=O) groups is 1. The van der Waals surface area contributed by atoms with Crippen molar-refractivity contribution in [3.63, 3.8) is 0 Å². The maximum absolute atomic E-state index is 10.1. The number of anilines is 1. The molecule has 0 radical (unpaired) electrons. The molecular weight excluding hydrogens is 286 g/mol. The van der Waals surface area contributed by atoms with Crippen molar-refractivity contribution in [1.29, 1.82) is 0 Å². The molecule has 1 heterocycles. The van der Waals surface area contributed by atoms with Crippen molar-refractivity contribution < 1.29 is 9.63 Å². The van der Waals surface area contributed by atoms with Crippen molar-refractivity contribution in [2.24, 2.45) is 5.92 Å². The molecule has 2 aliphatic rings. The fourth-order valence-corrected chi connectivity index (χ4v) is 2.51. The Bertz CT molecular complexity index is 515. The third kappa shape index (κ3) is 5.08. The summed E-state index contributed by atoms with van der Waals surface area (Å²) in [7, 11) is 0. The van der Waals surface area contributed by atoms with Gasteiger partial charge in [-0.2, -0.15) is 5.17 Å². The number of allylic oxidation sites excluding steroid dienone is 1. The second kappa shape index (κ2) is 7.49. The van der Waals surface area contributed by atoms with Gasteiger partial charge in [-0.15, -0.1) is 4.83 Å². The Morgan fingerprint density at radius 2 is 2.24 bits per heavy atom. The number of carbonyl (C=O) groups excluding carboxylic acids is 1. The number of rotatable bonds is 4. The van der Waals surface area contributed by atoms with E-state index < -0.39 is 0 Å². The van der Waals surface area contributed by atoms with Crippen molar-refractivity contribution in [2.75, 3.05) is 5.73 Å². The maximum atomic E-state index is 10.1. The third-order valence-corrected chi connectivity index (χ3v) is 3.54. The predicted octanol–water partition coefficient (Wildman–Crippen LogP) is 3.13. The van der Waals surface area contributed by atoms with Crippen LogP contribution in [0.15, 0.2) is 35.4 Å². The van der Waals surface area contributed by atoms with Crippen LogP contribution in [0.5, 0.6) is 0 Å². The number of nitrogens with one attached hydrogen (secondary N) is 1. The number of hydroxylamine groups is 1.